The highest BCUT2D eigenvalue weighted by Crippen LogP contribution is 2.27. The number of phenolic OH excluding ortho intramolecular Hbond substituents is 1. The van der Waals surface area contributed by atoms with Gasteiger partial charge in [0.2, 0.25) is 0 Å². The molecule has 0 amide bonds. The van der Waals surface area contributed by atoms with E-state index in [0.717, 1.165) is 0 Å². The van der Waals surface area contributed by atoms with Crippen molar-refractivity contribution in [2.75, 3.05) is 19.7 Å². The zero-order valence-corrected chi connectivity index (χ0v) is 16.4. The van der Waals surface area contributed by atoms with E-state index in [2.05, 4.69) is 0 Å². The number of aliphatic hydroxyl groups is 2. The van der Waals surface area contributed by atoms with Crippen LogP contribution in [-0.2, 0) is 11.0 Å². The minimum atomic E-state index is -1.57. The van der Waals surface area contributed by atoms with Crippen LogP contribution in [0.2, 0.25) is 5.02 Å². The zero-order valence-electron chi connectivity index (χ0n) is 14.8. The number of phenols is 1. The molecule has 2 atom stereocenters. The highest BCUT2D eigenvalue weighted by Gasteiger charge is 2.38. The van der Waals surface area contributed by atoms with Gasteiger partial charge in [-0.15, -0.1) is 0 Å². The lowest BCUT2D eigenvalue weighted by atomic mass is 10.1. The molecule has 11 heteroatoms. The van der Waals surface area contributed by atoms with Gasteiger partial charge in [0.15, 0.2) is 17.5 Å². The van der Waals surface area contributed by atoms with Gasteiger partial charge in [-0.3, -0.25) is 0 Å². The van der Waals surface area contributed by atoms with Gasteiger partial charge >= 0.3 is 0 Å². The molecule has 0 radical (unpaired) electrons. The zero-order chi connectivity index (χ0) is 21.8. The molecule has 2 aromatic rings. The Balaban J connectivity index is 0.000000253. The van der Waals surface area contributed by atoms with E-state index in [0.29, 0.717) is 35.0 Å². The first-order valence-electron chi connectivity index (χ1n) is 8.13. The van der Waals surface area contributed by atoms with E-state index in [4.69, 9.17) is 27.1 Å². The fraction of sp³-hybridized carbons (Fsp3) is 0.278. The van der Waals surface area contributed by atoms with Gasteiger partial charge in [0, 0.05) is 30.2 Å². The Morgan fingerprint density at radius 3 is 2.38 bits per heavy atom. The fourth-order valence-electron chi connectivity index (χ4n) is 2.51. The van der Waals surface area contributed by atoms with Crippen LogP contribution in [0.1, 0.15) is 12.0 Å². The van der Waals surface area contributed by atoms with E-state index >= 15 is 0 Å². The maximum atomic E-state index is 12.4. The molecule has 1 aliphatic heterocycles. The fourth-order valence-corrected chi connectivity index (χ4v) is 4.05. The van der Waals surface area contributed by atoms with Gasteiger partial charge in [-0.25, -0.2) is 21.7 Å². The van der Waals surface area contributed by atoms with Crippen LogP contribution in [0.5, 0.6) is 5.75 Å². The van der Waals surface area contributed by atoms with Gasteiger partial charge in [0.25, 0.3) is 0 Å². The summed E-state index contributed by atoms with van der Waals surface area (Å²) in [5, 5.41) is 36.9. The van der Waals surface area contributed by atoms with Crippen molar-refractivity contribution in [1.82, 2.24) is 4.31 Å². The second-order valence-corrected chi connectivity index (χ2v) is 8.11. The van der Waals surface area contributed by atoms with E-state index in [1.165, 1.54) is 6.07 Å². The number of β-amino-alcohol motifs (C(OH)–C–C–N with tert-alkyl or cyclic N) is 1. The first-order chi connectivity index (χ1) is 13.6. The molecule has 156 valence electrons. The summed E-state index contributed by atoms with van der Waals surface area (Å²) in [6.07, 6.45) is 0.352. The highest BCUT2D eigenvalue weighted by atomic mass is 35.5. The SMILES string of the molecule is N#Cc1cc(Cl)ccc1S(=O)N1CCC(O)(CO)C1.Oc1cc(F)c(F)c(F)c1. The Morgan fingerprint density at radius 1 is 1.24 bits per heavy atom. The van der Waals surface area contributed by atoms with Gasteiger partial charge in [-0.05, 0) is 24.6 Å². The summed E-state index contributed by atoms with van der Waals surface area (Å²) in [6, 6.07) is 7.54. The number of nitriles is 1. The molecule has 0 bridgehead atoms. The molecule has 1 aliphatic rings. The van der Waals surface area contributed by atoms with Crippen molar-refractivity contribution in [3.8, 4) is 11.8 Å². The summed E-state index contributed by atoms with van der Waals surface area (Å²) in [5.74, 6) is -4.98. The molecule has 3 rings (SSSR count). The number of aromatic hydroxyl groups is 1. The molecule has 6 nitrogen and oxygen atoms in total. The molecule has 0 saturated carbocycles. The minimum Gasteiger partial charge on any atom is -0.508 e. The number of hydrogen-bond acceptors (Lipinski definition) is 5. The lowest BCUT2D eigenvalue weighted by molar-refractivity contribution is -0.000503. The van der Waals surface area contributed by atoms with Crippen molar-refractivity contribution < 1.29 is 32.7 Å². The summed E-state index contributed by atoms with van der Waals surface area (Å²) in [4.78, 5) is 0.370. The number of halogens is 4. The monoisotopic (exact) mass is 448 g/mol. The van der Waals surface area contributed by atoms with E-state index in [1.807, 2.05) is 6.07 Å². The summed E-state index contributed by atoms with van der Waals surface area (Å²) in [6.45, 7) is 0.146. The molecule has 1 heterocycles. The topological polar surface area (TPSA) is 105 Å². The molecule has 1 saturated heterocycles. The van der Waals surface area contributed by atoms with E-state index in [9.17, 15) is 22.5 Å². The van der Waals surface area contributed by atoms with E-state index < -0.39 is 39.8 Å². The number of benzene rings is 2. The number of aliphatic hydroxyl groups excluding tert-OH is 1. The van der Waals surface area contributed by atoms with Crippen molar-refractivity contribution in [2.45, 2.75) is 16.9 Å². The lowest BCUT2D eigenvalue weighted by Gasteiger charge is -2.20. The van der Waals surface area contributed by atoms with Crippen LogP contribution in [0, 0.1) is 28.8 Å². The maximum absolute atomic E-state index is 12.4. The first-order valence-corrected chi connectivity index (χ1v) is 9.62. The van der Waals surface area contributed by atoms with Crippen LogP contribution < -0.4 is 0 Å². The molecule has 2 unspecified atom stereocenters. The Hall–Kier alpha value is -2.16. The predicted octanol–water partition coefficient (Wildman–Crippen LogP) is 2.47. The lowest BCUT2D eigenvalue weighted by Crippen LogP contribution is -2.37. The Morgan fingerprint density at radius 2 is 1.86 bits per heavy atom. The van der Waals surface area contributed by atoms with Crippen LogP contribution in [0.3, 0.4) is 0 Å². The Bertz CT molecular complexity index is 950. The van der Waals surface area contributed by atoms with Gasteiger partial charge in [-0.2, -0.15) is 5.26 Å². The van der Waals surface area contributed by atoms with E-state index in [1.54, 1.807) is 16.4 Å². The van der Waals surface area contributed by atoms with Gasteiger partial charge in [0.1, 0.15) is 28.4 Å². The normalized spacial score (nSPS) is 19.9. The van der Waals surface area contributed by atoms with E-state index in [-0.39, 0.29) is 18.7 Å². The second kappa shape index (κ2) is 9.56. The third-order valence-electron chi connectivity index (χ3n) is 4.04. The summed E-state index contributed by atoms with van der Waals surface area (Å²) in [7, 11) is -1.55. The summed E-state index contributed by atoms with van der Waals surface area (Å²) < 4.78 is 50.1. The standard InChI is InChI=1S/C12H13ClN2O3S.C6H3F3O/c13-10-1-2-11(9(5-10)6-14)19(18)15-4-3-12(17,7-15)8-16;7-4-1-3(10)2-5(8)6(4)9/h1-2,5,16-17H,3-4,7-8H2;1-2,10H. The second-order valence-electron chi connectivity index (χ2n) is 6.22. The average molecular weight is 449 g/mol. The van der Waals surface area contributed by atoms with Crippen LogP contribution in [0.15, 0.2) is 35.2 Å². The van der Waals surface area contributed by atoms with Crippen molar-refractivity contribution >= 4 is 22.6 Å². The largest absolute Gasteiger partial charge is 0.508 e. The van der Waals surface area contributed by atoms with Crippen molar-refractivity contribution in [3.63, 3.8) is 0 Å². The quantitative estimate of drug-likeness (QED) is 0.626. The smallest absolute Gasteiger partial charge is 0.194 e. The van der Waals surface area contributed by atoms with Crippen molar-refractivity contribution in [1.29, 1.82) is 5.26 Å². The van der Waals surface area contributed by atoms with Crippen LogP contribution in [-0.4, -0.2) is 49.1 Å². The average Bonchev–Trinajstić information content (AvgIpc) is 3.09. The molecule has 0 aromatic heterocycles. The predicted molar refractivity (Wildman–Crippen MR) is 98.8 cm³/mol. The third-order valence-corrected chi connectivity index (χ3v) is 5.79. The summed E-state index contributed by atoms with van der Waals surface area (Å²) in [5.41, 5.74) is -0.959. The molecule has 0 spiro atoms. The van der Waals surface area contributed by atoms with Crippen molar-refractivity contribution in [3.05, 3.63) is 58.4 Å². The van der Waals surface area contributed by atoms with Gasteiger partial charge < -0.3 is 15.3 Å². The third kappa shape index (κ3) is 5.68. The molecular weight excluding hydrogens is 433 g/mol. The molecule has 1 fully saturated rings. The summed E-state index contributed by atoms with van der Waals surface area (Å²) >= 11 is 5.79. The number of nitrogens with zero attached hydrogens (tertiary/aromatic N) is 2. The Labute approximate surface area is 172 Å². The molecular formula is C18H16ClF3N2O4S. The van der Waals surface area contributed by atoms with Crippen molar-refractivity contribution in [2.24, 2.45) is 0 Å². The highest BCUT2D eigenvalue weighted by molar-refractivity contribution is 7.82. The number of hydrogen-bond donors (Lipinski definition) is 3. The molecule has 0 aliphatic carbocycles. The maximum Gasteiger partial charge on any atom is 0.194 e. The van der Waals surface area contributed by atoms with Crippen LogP contribution in [0.25, 0.3) is 0 Å². The number of rotatable bonds is 3. The van der Waals surface area contributed by atoms with Gasteiger partial charge in [-0.1, -0.05) is 11.6 Å². The molecule has 2 aromatic carbocycles. The molecule has 3 N–H and O–H groups in total. The first kappa shape index (κ1) is 23.1. The van der Waals surface area contributed by atoms with Gasteiger partial charge in [0.05, 0.1) is 17.1 Å². The van der Waals surface area contributed by atoms with Crippen LogP contribution >= 0.6 is 11.6 Å². The molecule has 29 heavy (non-hydrogen) atoms. The van der Waals surface area contributed by atoms with Crippen LogP contribution in [0.4, 0.5) is 13.2 Å². The minimum absolute atomic E-state index is 0.115. The Kier molecular flexibility index (Phi) is 7.62.